The van der Waals surface area contributed by atoms with Crippen molar-refractivity contribution < 1.29 is 4.79 Å². The van der Waals surface area contributed by atoms with Gasteiger partial charge in [-0.3, -0.25) is 4.90 Å². The molecule has 2 rings (SSSR count). The lowest BCUT2D eigenvalue weighted by Gasteiger charge is -2.16. The van der Waals surface area contributed by atoms with Crippen LogP contribution >= 0.6 is 0 Å². The predicted molar refractivity (Wildman–Crippen MR) is 59.9 cm³/mol. The van der Waals surface area contributed by atoms with Gasteiger partial charge in [0, 0.05) is 19.6 Å². The molecule has 1 aliphatic heterocycles. The number of carbonyl (C=O) groups excluding carboxylic acids is 1. The van der Waals surface area contributed by atoms with Crippen molar-refractivity contribution in [1.82, 2.24) is 5.32 Å². The average Bonchev–Trinajstić information content (AvgIpc) is 2.65. The van der Waals surface area contributed by atoms with E-state index >= 15 is 0 Å². The van der Waals surface area contributed by atoms with Gasteiger partial charge < -0.3 is 11.1 Å². The second-order valence-corrected chi connectivity index (χ2v) is 3.66. The first-order valence-corrected chi connectivity index (χ1v) is 4.96. The van der Waals surface area contributed by atoms with E-state index in [1.54, 1.807) is 24.1 Å². The third-order valence-corrected chi connectivity index (χ3v) is 2.69. The van der Waals surface area contributed by atoms with Gasteiger partial charge in [0.1, 0.15) is 0 Å². The average molecular weight is 216 g/mol. The molecule has 1 aliphatic rings. The minimum absolute atomic E-state index is 0.181. The smallest absolute Gasteiger partial charge is 0.321 e. The molecule has 2 amide bonds. The first-order valence-electron chi connectivity index (χ1n) is 4.96. The van der Waals surface area contributed by atoms with Crippen molar-refractivity contribution in [3.05, 3.63) is 29.3 Å². The van der Waals surface area contributed by atoms with Gasteiger partial charge in [0.2, 0.25) is 0 Å². The number of amides is 2. The monoisotopic (exact) mass is 216 g/mol. The normalized spacial score (nSPS) is 17.8. The summed E-state index contributed by atoms with van der Waals surface area (Å²) in [5, 5.41) is 11.4. The number of rotatable bonds is 0. The summed E-state index contributed by atoms with van der Waals surface area (Å²) < 4.78 is 0. The summed E-state index contributed by atoms with van der Waals surface area (Å²) in [7, 11) is 1.57. The Morgan fingerprint density at radius 2 is 2.44 bits per heavy atom. The summed E-state index contributed by atoms with van der Waals surface area (Å²) in [5.74, 6) is 0. The maximum absolute atomic E-state index is 11.6. The van der Waals surface area contributed by atoms with Crippen LogP contribution in [0.1, 0.15) is 17.2 Å². The largest absolute Gasteiger partial charge is 0.341 e. The quantitative estimate of drug-likeness (QED) is 0.670. The molecule has 0 bridgehead atoms. The molecule has 16 heavy (non-hydrogen) atoms. The first-order chi connectivity index (χ1) is 7.67. The Labute approximate surface area is 93.5 Å². The fourth-order valence-corrected chi connectivity index (χ4v) is 1.88. The van der Waals surface area contributed by atoms with Crippen molar-refractivity contribution >= 4 is 11.7 Å². The van der Waals surface area contributed by atoms with E-state index in [9.17, 15) is 4.79 Å². The van der Waals surface area contributed by atoms with E-state index in [1.165, 1.54) is 0 Å². The molecule has 5 heteroatoms. The molecular weight excluding hydrogens is 204 g/mol. The van der Waals surface area contributed by atoms with Crippen LogP contribution in [0.3, 0.4) is 0 Å². The number of nitrogens with zero attached hydrogens (tertiary/aromatic N) is 2. The van der Waals surface area contributed by atoms with Crippen LogP contribution in [0.25, 0.3) is 0 Å². The minimum atomic E-state index is -0.204. The van der Waals surface area contributed by atoms with Crippen molar-refractivity contribution in [1.29, 1.82) is 5.26 Å². The highest BCUT2D eigenvalue weighted by Gasteiger charge is 2.29. The molecule has 1 heterocycles. The Morgan fingerprint density at radius 3 is 3.06 bits per heavy atom. The van der Waals surface area contributed by atoms with Crippen LogP contribution in [-0.2, 0) is 0 Å². The Hall–Kier alpha value is -2.06. The topological polar surface area (TPSA) is 82.2 Å². The number of hydrogen-bond donors (Lipinski definition) is 2. The second-order valence-electron chi connectivity index (χ2n) is 3.66. The summed E-state index contributed by atoms with van der Waals surface area (Å²) in [6.45, 7) is 0.448. The molecule has 1 aromatic carbocycles. The Kier molecular flexibility index (Phi) is 2.50. The lowest BCUT2D eigenvalue weighted by atomic mass is 10.1. The van der Waals surface area contributed by atoms with Gasteiger partial charge in [-0.1, -0.05) is 6.07 Å². The van der Waals surface area contributed by atoms with Gasteiger partial charge in [-0.15, -0.1) is 0 Å². The zero-order chi connectivity index (χ0) is 11.7. The van der Waals surface area contributed by atoms with Crippen molar-refractivity contribution in [2.24, 2.45) is 5.73 Å². The molecule has 0 fully saturated rings. The molecule has 1 atom stereocenters. The predicted octanol–water partition coefficient (Wildman–Crippen LogP) is 0.717. The summed E-state index contributed by atoms with van der Waals surface area (Å²) in [5.41, 5.74) is 8.08. The molecule has 1 aromatic rings. The molecular formula is C11H12N4O. The molecule has 0 aliphatic carbocycles. The van der Waals surface area contributed by atoms with Crippen molar-refractivity contribution in [3.63, 3.8) is 0 Å². The molecule has 3 N–H and O–H groups in total. The van der Waals surface area contributed by atoms with Gasteiger partial charge in [0.15, 0.2) is 0 Å². The molecule has 0 saturated carbocycles. The number of fused-ring (bicyclic) bond motifs is 1. The molecule has 82 valence electrons. The van der Waals surface area contributed by atoms with Crippen LogP contribution in [0, 0.1) is 11.3 Å². The number of hydrogen-bond acceptors (Lipinski definition) is 3. The van der Waals surface area contributed by atoms with Gasteiger partial charge >= 0.3 is 6.03 Å². The number of nitrogens with two attached hydrogens (primary N) is 1. The van der Waals surface area contributed by atoms with Gasteiger partial charge in [-0.05, 0) is 17.7 Å². The lowest BCUT2D eigenvalue weighted by Crippen LogP contribution is -2.38. The van der Waals surface area contributed by atoms with E-state index in [4.69, 9.17) is 11.0 Å². The first kappa shape index (κ1) is 10.5. The molecule has 0 aromatic heterocycles. The fourth-order valence-electron chi connectivity index (χ4n) is 1.88. The summed E-state index contributed by atoms with van der Waals surface area (Å²) >= 11 is 0. The van der Waals surface area contributed by atoms with Crippen molar-refractivity contribution in [3.8, 4) is 6.07 Å². The number of anilines is 1. The highest BCUT2D eigenvalue weighted by molar-refractivity contribution is 5.94. The van der Waals surface area contributed by atoms with Crippen LogP contribution in [0.2, 0.25) is 0 Å². The summed E-state index contributed by atoms with van der Waals surface area (Å²) in [4.78, 5) is 13.2. The maximum Gasteiger partial charge on any atom is 0.321 e. The standard InChI is InChI=1S/C11H12N4O/c1-14-11(16)15-6-9(13)8-3-2-7(5-12)4-10(8)15/h2-4,9H,6,13H2,1H3,(H,14,16)/t9-/m1/s1. The number of urea groups is 1. The van der Waals surface area contributed by atoms with E-state index < -0.39 is 0 Å². The van der Waals surface area contributed by atoms with Gasteiger partial charge in [-0.25, -0.2) is 4.79 Å². The maximum atomic E-state index is 11.6. The van der Waals surface area contributed by atoms with Crippen LogP contribution in [0.5, 0.6) is 0 Å². The highest BCUT2D eigenvalue weighted by atomic mass is 16.2. The molecule has 0 radical (unpaired) electrons. The highest BCUT2D eigenvalue weighted by Crippen LogP contribution is 2.33. The third kappa shape index (κ3) is 1.49. The SMILES string of the molecule is CNC(=O)N1C[C@@H](N)c2ccc(C#N)cc21. The Bertz CT molecular complexity index is 477. The number of benzene rings is 1. The Balaban J connectivity index is 2.47. The molecule has 0 unspecified atom stereocenters. The third-order valence-electron chi connectivity index (χ3n) is 2.69. The van der Waals surface area contributed by atoms with Crippen LogP contribution in [0.15, 0.2) is 18.2 Å². The van der Waals surface area contributed by atoms with E-state index in [0.717, 1.165) is 11.3 Å². The van der Waals surface area contributed by atoms with E-state index in [1.807, 2.05) is 12.1 Å². The zero-order valence-corrected chi connectivity index (χ0v) is 8.90. The van der Waals surface area contributed by atoms with Crippen LogP contribution in [0.4, 0.5) is 10.5 Å². The van der Waals surface area contributed by atoms with Crippen LogP contribution < -0.4 is 16.0 Å². The summed E-state index contributed by atoms with van der Waals surface area (Å²) in [6, 6.07) is 6.88. The van der Waals surface area contributed by atoms with Crippen LogP contribution in [-0.4, -0.2) is 19.6 Å². The second kappa shape index (κ2) is 3.83. The van der Waals surface area contributed by atoms with Gasteiger partial charge in [0.05, 0.1) is 17.3 Å². The van der Waals surface area contributed by atoms with Crippen molar-refractivity contribution in [2.75, 3.05) is 18.5 Å². The Morgan fingerprint density at radius 1 is 1.69 bits per heavy atom. The molecule has 0 spiro atoms. The van der Waals surface area contributed by atoms with E-state index in [0.29, 0.717) is 12.1 Å². The lowest BCUT2D eigenvalue weighted by molar-refractivity contribution is 0.248. The molecule has 0 saturated heterocycles. The van der Waals surface area contributed by atoms with Gasteiger partial charge in [0.25, 0.3) is 0 Å². The fraction of sp³-hybridized carbons (Fsp3) is 0.273. The molecule has 5 nitrogen and oxygen atoms in total. The van der Waals surface area contributed by atoms with E-state index in [2.05, 4.69) is 5.32 Å². The zero-order valence-electron chi connectivity index (χ0n) is 8.90. The number of nitriles is 1. The summed E-state index contributed by atoms with van der Waals surface area (Å²) in [6.07, 6.45) is 0. The number of nitrogens with one attached hydrogen (secondary N) is 1. The number of carbonyl (C=O) groups is 1. The van der Waals surface area contributed by atoms with Crippen molar-refractivity contribution in [2.45, 2.75) is 6.04 Å². The van der Waals surface area contributed by atoms with E-state index in [-0.39, 0.29) is 12.1 Å². The van der Waals surface area contributed by atoms with Gasteiger partial charge in [-0.2, -0.15) is 5.26 Å². The minimum Gasteiger partial charge on any atom is -0.341 e.